The van der Waals surface area contributed by atoms with Gasteiger partial charge >= 0.3 is 0 Å². The Labute approximate surface area is 200 Å². The number of carbonyl (C=O) groups is 1. The van der Waals surface area contributed by atoms with Crippen LogP contribution in [0.3, 0.4) is 0 Å². The summed E-state index contributed by atoms with van der Waals surface area (Å²) in [7, 11) is 0. The van der Waals surface area contributed by atoms with Gasteiger partial charge in [-0.2, -0.15) is 0 Å². The van der Waals surface area contributed by atoms with E-state index < -0.39 is 0 Å². The number of anilines is 1. The standard InChI is InChI=1S/C29H29N3O2/c1-3-22-19-23(33)15-16-24(22)28-25(4-2)31-29(26(30-28)17-20-11-7-5-8-12-20)32-27(34)18-21-13-9-6-10-14-21/h5-16,19,33H,3-4,17-18H2,1-2H3,(H,31,32,34). The Balaban J connectivity index is 1.76. The molecule has 0 saturated carbocycles. The molecule has 5 nitrogen and oxygen atoms in total. The van der Waals surface area contributed by atoms with Crippen LogP contribution >= 0.6 is 0 Å². The molecule has 0 aliphatic heterocycles. The first kappa shape index (κ1) is 23.2. The second kappa shape index (κ2) is 10.8. The minimum atomic E-state index is -0.122. The number of aromatic nitrogens is 2. The molecule has 0 saturated heterocycles. The number of phenolic OH excluding ortho intramolecular Hbond substituents is 1. The predicted octanol–water partition coefficient (Wildman–Crippen LogP) is 5.75. The second-order valence-corrected chi connectivity index (χ2v) is 8.24. The predicted molar refractivity (Wildman–Crippen MR) is 136 cm³/mol. The van der Waals surface area contributed by atoms with Crippen molar-refractivity contribution in [3.63, 3.8) is 0 Å². The number of nitrogens with zero attached hydrogens (tertiary/aromatic N) is 2. The number of nitrogens with one attached hydrogen (secondary N) is 1. The van der Waals surface area contributed by atoms with E-state index in [-0.39, 0.29) is 18.1 Å². The zero-order valence-corrected chi connectivity index (χ0v) is 19.6. The smallest absolute Gasteiger partial charge is 0.229 e. The molecule has 4 aromatic rings. The summed E-state index contributed by atoms with van der Waals surface area (Å²) in [6.45, 7) is 4.09. The summed E-state index contributed by atoms with van der Waals surface area (Å²) in [5, 5.41) is 13.0. The summed E-state index contributed by atoms with van der Waals surface area (Å²) >= 11 is 0. The summed E-state index contributed by atoms with van der Waals surface area (Å²) in [6.07, 6.45) is 2.25. The van der Waals surface area contributed by atoms with Crippen molar-refractivity contribution in [1.82, 2.24) is 9.97 Å². The molecule has 0 aliphatic rings. The summed E-state index contributed by atoms with van der Waals surface area (Å²) < 4.78 is 0. The third-order valence-corrected chi connectivity index (χ3v) is 5.78. The average molecular weight is 452 g/mol. The lowest BCUT2D eigenvalue weighted by molar-refractivity contribution is -0.115. The van der Waals surface area contributed by atoms with Crippen molar-refractivity contribution in [1.29, 1.82) is 0 Å². The normalized spacial score (nSPS) is 10.8. The number of benzene rings is 3. The van der Waals surface area contributed by atoms with Crippen LogP contribution in [0.4, 0.5) is 5.82 Å². The summed E-state index contributed by atoms with van der Waals surface area (Å²) in [5.41, 5.74) is 6.33. The molecule has 0 spiro atoms. The molecule has 1 amide bonds. The number of phenols is 1. The van der Waals surface area contributed by atoms with Gasteiger partial charge in [-0.3, -0.25) is 4.79 Å². The van der Waals surface area contributed by atoms with Gasteiger partial charge in [0.05, 0.1) is 23.5 Å². The molecule has 5 heteroatoms. The minimum Gasteiger partial charge on any atom is -0.508 e. The first-order valence-electron chi connectivity index (χ1n) is 11.7. The lowest BCUT2D eigenvalue weighted by atomic mass is 9.99. The maximum Gasteiger partial charge on any atom is 0.229 e. The van der Waals surface area contributed by atoms with Gasteiger partial charge in [0.2, 0.25) is 5.91 Å². The largest absolute Gasteiger partial charge is 0.508 e. The number of aromatic hydroxyl groups is 1. The monoisotopic (exact) mass is 451 g/mol. The molecule has 0 unspecified atom stereocenters. The van der Waals surface area contributed by atoms with Crippen LogP contribution < -0.4 is 5.32 Å². The molecule has 1 heterocycles. The molecule has 0 atom stereocenters. The van der Waals surface area contributed by atoms with Gasteiger partial charge in [0.15, 0.2) is 5.82 Å². The average Bonchev–Trinajstić information content (AvgIpc) is 2.86. The summed E-state index contributed by atoms with van der Waals surface area (Å²) in [6, 6.07) is 25.1. The van der Waals surface area contributed by atoms with Crippen LogP contribution in [-0.4, -0.2) is 21.0 Å². The third-order valence-electron chi connectivity index (χ3n) is 5.78. The van der Waals surface area contributed by atoms with Crippen LogP contribution in [0.15, 0.2) is 78.9 Å². The van der Waals surface area contributed by atoms with Gasteiger partial charge in [-0.1, -0.05) is 74.5 Å². The van der Waals surface area contributed by atoms with Crippen molar-refractivity contribution in [3.05, 3.63) is 107 Å². The van der Waals surface area contributed by atoms with Crippen molar-refractivity contribution >= 4 is 11.7 Å². The highest BCUT2D eigenvalue weighted by atomic mass is 16.3. The van der Waals surface area contributed by atoms with Crippen LogP contribution in [0.25, 0.3) is 11.3 Å². The Morgan fingerprint density at radius 3 is 2.15 bits per heavy atom. The van der Waals surface area contributed by atoms with E-state index in [0.717, 1.165) is 45.8 Å². The van der Waals surface area contributed by atoms with E-state index in [2.05, 4.69) is 12.2 Å². The number of hydrogen-bond donors (Lipinski definition) is 2. The molecule has 4 rings (SSSR count). The van der Waals surface area contributed by atoms with E-state index >= 15 is 0 Å². The summed E-state index contributed by atoms with van der Waals surface area (Å²) in [5.74, 6) is 0.617. The SMILES string of the molecule is CCc1cc(O)ccc1-c1nc(Cc2ccccc2)c(NC(=O)Cc2ccccc2)nc1CC. The maximum atomic E-state index is 12.9. The van der Waals surface area contributed by atoms with Crippen molar-refractivity contribution in [2.45, 2.75) is 39.5 Å². The van der Waals surface area contributed by atoms with Crippen molar-refractivity contribution < 1.29 is 9.90 Å². The van der Waals surface area contributed by atoms with E-state index in [1.54, 1.807) is 12.1 Å². The highest BCUT2D eigenvalue weighted by Gasteiger charge is 2.18. The Morgan fingerprint density at radius 1 is 0.824 bits per heavy atom. The lowest BCUT2D eigenvalue weighted by Crippen LogP contribution is -2.19. The molecule has 172 valence electrons. The van der Waals surface area contributed by atoms with Gasteiger partial charge in [-0.15, -0.1) is 0 Å². The van der Waals surface area contributed by atoms with E-state index in [1.165, 1.54) is 0 Å². The number of rotatable bonds is 8. The van der Waals surface area contributed by atoms with Crippen LogP contribution in [0.1, 0.15) is 41.9 Å². The van der Waals surface area contributed by atoms with Gasteiger partial charge in [-0.25, -0.2) is 9.97 Å². The van der Waals surface area contributed by atoms with Crippen LogP contribution in [0.2, 0.25) is 0 Å². The topological polar surface area (TPSA) is 75.1 Å². The number of hydrogen-bond acceptors (Lipinski definition) is 4. The van der Waals surface area contributed by atoms with E-state index in [4.69, 9.17) is 9.97 Å². The highest BCUT2D eigenvalue weighted by Crippen LogP contribution is 2.31. The number of aryl methyl sites for hydroxylation is 2. The minimum absolute atomic E-state index is 0.122. The first-order chi connectivity index (χ1) is 16.6. The fourth-order valence-electron chi connectivity index (χ4n) is 4.04. The third kappa shape index (κ3) is 5.49. The molecule has 0 bridgehead atoms. The molecule has 0 radical (unpaired) electrons. The summed E-state index contributed by atoms with van der Waals surface area (Å²) in [4.78, 5) is 22.8. The van der Waals surface area contributed by atoms with Crippen molar-refractivity contribution in [3.8, 4) is 17.0 Å². The van der Waals surface area contributed by atoms with E-state index in [0.29, 0.717) is 18.7 Å². The Kier molecular flexibility index (Phi) is 7.33. The molecule has 0 aliphatic carbocycles. The van der Waals surface area contributed by atoms with Gasteiger partial charge in [0, 0.05) is 12.0 Å². The zero-order valence-electron chi connectivity index (χ0n) is 19.6. The Morgan fingerprint density at radius 2 is 1.50 bits per heavy atom. The molecule has 34 heavy (non-hydrogen) atoms. The van der Waals surface area contributed by atoms with Gasteiger partial charge in [-0.05, 0) is 47.7 Å². The van der Waals surface area contributed by atoms with E-state index in [9.17, 15) is 9.90 Å². The quantitative estimate of drug-likeness (QED) is 0.358. The Hall–Kier alpha value is -3.99. The molecule has 1 aromatic heterocycles. The molecule has 3 aromatic carbocycles. The second-order valence-electron chi connectivity index (χ2n) is 8.24. The van der Waals surface area contributed by atoms with Crippen LogP contribution in [-0.2, 0) is 30.5 Å². The molecule has 0 fully saturated rings. The first-order valence-corrected chi connectivity index (χ1v) is 11.7. The maximum absolute atomic E-state index is 12.9. The van der Waals surface area contributed by atoms with Crippen LogP contribution in [0, 0.1) is 0 Å². The fourth-order valence-corrected chi connectivity index (χ4v) is 4.04. The van der Waals surface area contributed by atoms with Crippen molar-refractivity contribution in [2.75, 3.05) is 5.32 Å². The van der Waals surface area contributed by atoms with E-state index in [1.807, 2.05) is 73.7 Å². The lowest BCUT2D eigenvalue weighted by Gasteiger charge is -2.17. The highest BCUT2D eigenvalue weighted by molar-refractivity contribution is 5.92. The molecule has 2 N–H and O–H groups in total. The zero-order chi connectivity index (χ0) is 23.9. The molecular weight excluding hydrogens is 422 g/mol. The number of amides is 1. The Bertz CT molecular complexity index is 1270. The van der Waals surface area contributed by atoms with Crippen LogP contribution in [0.5, 0.6) is 5.75 Å². The molecular formula is C29H29N3O2. The van der Waals surface area contributed by atoms with Gasteiger partial charge < -0.3 is 10.4 Å². The van der Waals surface area contributed by atoms with Gasteiger partial charge in [0.1, 0.15) is 5.75 Å². The fraction of sp³-hybridized carbons (Fsp3) is 0.207. The van der Waals surface area contributed by atoms with Crippen molar-refractivity contribution in [2.24, 2.45) is 0 Å². The number of carbonyl (C=O) groups excluding carboxylic acids is 1. The van der Waals surface area contributed by atoms with Gasteiger partial charge in [0.25, 0.3) is 0 Å².